The number of ether oxygens (including phenoxy) is 3. The first-order valence-corrected chi connectivity index (χ1v) is 9.51. The first kappa shape index (κ1) is 21.5. The quantitative estimate of drug-likeness (QED) is 0.485. The second-order valence-electron chi connectivity index (χ2n) is 6.68. The van der Waals surface area contributed by atoms with Crippen molar-refractivity contribution in [3.8, 4) is 5.75 Å². The Morgan fingerprint density at radius 2 is 1.79 bits per heavy atom. The van der Waals surface area contributed by atoms with Crippen LogP contribution in [0.4, 0.5) is 5.69 Å². The summed E-state index contributed by atoms with van der Waals surface area (Å²) in [6.45, 7) is 2.59. The van der Waals surface area contributed by atoms with Crippen molar-refractivity contribution in [3.05, 3.63) is 35.9 Å². The van der Waals surface area contributed by atoms with Gasteiger partial charge in [0.25, 0.3) is 0 Å². The molecule has 1 N–H and O–H groups in total. The van der Waals surface area contributed by atoms with Gasteiger partial charge >= 0.3 is 11.9 Å². The maximum atomic E-state index is 12.1. The molecule has 28 heavy (non-hydrogen) atoms. The third-order valence-electron chi connectivity index (χ3n) is 4.87. The highest BCUT2D eigenvalue weighted by atomic mass is 16.5. The Morgan fingerprint density at radius 1 is 1.00 bits per heavy atom. The van der Waals surface area contributed by atoms with Crippen LogP contribution >= 0.6 is 0 Å². The van der Waals surface area contributed by atoms with Gasteiger partial charge in [0.2, 0.25) is 0 Å². The molecular formula is C22H29NO5. The highest BCUT2D eigenvalue weighted by Crippen LogP contribution is 2.34. The largest absolute Gasteiger partial charge is 0.497 e. The van der Waals surface area contributed by atoms with E-state index in [9.17, 15) is 9.59 Å². The van der Waals surface area contributed by atoms with Gasteiger partial charge in [-0.15, -0.1) is 0 Å². The van der Waals surface area contributed by atoms with E-state index in [-0.39, 0.29) is 17.9 Å². The molecule has 152 valence electrons. The summed E-state index contributed by atoms with van der Waals surface area (Å²) < 4.78 is 14.9. The molecule has 0 fully saturated rings. The highest BCUT2D eigenvalue weighted by molar-refractivity contribution is 5.98. The fourth-order valence-corrected chi connectivity index (χ4v) is 3.20. The smallest absolute Gasteiger partial charge is 0.312 e. The van der Waals surface area contributed by atoms with E-state index < -0.39 is 0 Å². The van der Waals surface area contributed by atoms with Gasteiger partial charge in [-0.3, -0.25) is 9.59 Å². The van der Waals surface area contributed by atoms with E-state index in [0.717, 1.165) is 53.6 Å². The van der Waals surface area contributed by atoms with Crippen LogP contribution in [0.2, 0.25) is 0 Å². The van der Waals surface area contributed by atoms with Gasteiger partial charge in [-0.25, -0.2) is 0 Å². The molecule has 0 unspecified atom stereocenters. The first-order chi connectivity index (χ1) is 13.5. The molecule has 0 aliphatic carbocycles. The second-order valence-corrected chi connectivity index (χ2v) is 6.68. The maximum Gasteiger partial charge on any atom is 0.312 e. The summed E-state index contributed by atoms with van der Waals surface area (Å²) in [6.07, 6.45) is 3.07. The number of anilines is 1. The Bertz CT molecular complexity index is 818. The lowest BCUT2D eigenvalue weighted by molar-refractivity contribution is -0.142. The van der Waals surface area contributed by atoms with E-state index >= 15 is 0 Å². The fourth-order valence-electron chi connectivity index (χ4n) is 3.20. The van der Waals surface area contributed by atoms with Gasteiger partial charge in [-0.2, -0.15) is 0 Å². The second kappa shape index (κ2) is 10.5. The van der Waals surface area contributed by atoms with Gasteiger partial charge in [0.15, 0.2) is 0 Å². The molecule has 0 bridgehead atoms. The Morgan fingerprint density at radius 3 is 2.46 bits per heavy atom. The molecule has 2 rings (SSSR count). The van der Waals surface area contributed by atoms with Crippen molar-refractivity contribution in [3.63, 3.8) is 0 Å². The lowest BCUT2D eigenvalue weighted by Crippen LogP contribution is -2.14. The number of esters is 2. The number of carbonyl (C=O) groups excluding carboxylic acids is 2. The van der Waals surface area contributed by atoms with Crippen LogP contribution in [0.15, 0.2) is 30.3 Å². The number of benzene rings is 2. The Hall–Kier alpha value is -2.76. The Balaban J connectivity index is 2.19. The van der Waals surface area contributed by atoms with Gasteiger partial charge in [-0.1, -0.05) is 18.6 Å². The average molecular weight is 387 g/mol. The number of fused-ring (bicyclic) bond motifs is 1. The third-order valence-corrected chi connectivity index (χ3v) is 4.87. The number of methoxy groups -OCH3 is 3. The Kier molecular flexibility index (Phi) is 8.11. The number of carbonyl (C=O) groups is 2. The van der Waals surface area contributed by atoms with E-state index in [0.29, 0.717) is 6.42 Å². The molecule has 0 heterocycles. The van der Waals surface area contributed by atoms with Crippen molar-refractivity contribution in [1.29, 1.82) is 0 Å². The molecule has 0 aliphatic rings. The number of rotatable bonds is 10. The molecule has 2 aromatic carbocycles. The summed E-state index contributed by atoms with van der Waals surface area (Å²) >= 11 is 0. The van der Waals surface area contributed by atoms with Crippen molar-refractivity contribution in [2.24, 2.45) is 0 Å². The molecule has 2 aromatic rings. The average Bonchev–Trinajstić information content (AvgIpc) is 2.73. The molecule has 0 aliphatic heterocycles. The standard InChI is InChI=1S/C22H29NO5/c1-15(22(25)28-4)18-11-9-16-14-17(26-2)10-12-19(16)21(18)23-13-7-5-6-8-20(24)27-3/h9-12,14-15,23H,5-8,13H2,1-4H3/t15-/m0/s1. The molecule has 0 saturated carbocycles. The highest BCUT2D eigenvalue weighted by Gasteiger charge is 2.20. The number of nitrogens with one attached hydrogen (secondary N) is 1. The van der Waals surface area contributed by atoms with E-state index in [1.54, 1.807) is 7.11 Å². The lowest BCUT2D eigenvalue weighted by atomic mass is 9.94. The van der Waals surface area contributed by atoms with Crippen LogP contribution in [0, 0.1) is 0 Å². The SMILES string of the molecule is COC(=O)CCCCCNc1c([C@H](C)C(=O)OC)ccc2cc(OC)ccc12. The minimum absolute atomic E-state index is 0.176. The first-order valence-electron chi connectivity index (χ1n) is 9.51. The number of hydrogen-bond acceptors (Lipinski definition) is 6. The van der Waals surface area contributed by atoms with E-state index in [2.05, 4.69) is 10.1 Å². The minimum atomic E-state index is -0.377. The molecule has 0 aromatic heterocycles. The summed E-state index contributed by atoms with van der Waals surface area (Å²) in [7, 11) is 4.45. The summed E-state index contributed by atoms with van der Waals surface area (Å²) in [5.41, 5.74) is 1.84. The van der Waals surface area contributed by atoms with Crippen molar-refractivity contribution < 1.29 is 23.8 Å². The van der Waals surface area contributed by atoms with Crippen molar-refractivity contribution in [1.82, 2.24) is 0 Å². The minimum Gasteiger partial charge on any atom is -0.497 e. The predicted molar refractivity (Wildman–Crippen MR) is 110 cm³/mol. The fraction of sp³-hybridized carbons (Fsp3) is 0.455. The molecule has 1 atom stereocenters. The van der Waals surface area contributed by atoms with Gasteiger partial charge in [0, 0.05) is 24.0 Å². The molecule has 6 nitrogen and oxygen atoms in total. The lowest BCUT2D eigenvalue weighted by Gasteiger charge is -2.19. The van der Waals surface area contributed by atoms with Crippen LogP contribution in [0.25, 0.3) is 10.8 Å². The summed E-state index contributed by atoms with van der Waals surface area (Å²) in [5.74, 6) is -0.0347. The van der Waals surface area contributed by atoms with Crippen LogP contribution in [-0.4, -0.2) is 39.8 Å². The van der Waals surface area contributed by atoms with Gasteiger partial charge < -0.3 is 19.5 Å². The molecule has 0 saturated heterocycles. The zero-order valence-corrected chi connectivity index (χ0v) is 17.0. The van der Waals surface area contributed by atoms with Crippen molar-refractivity contribution >= 4 is 28.4 Å². The molecule has 6 heteroatoms. The predicted octanol–water partition coefficient (Wildman–Crippen LogP) is 4.27. The molecule has 0 amide bonds. The third kappa shape index (κ3) is 5.38. The molecular weight excluding hydrogens is 358 g/mol. The van der Waals surface area contributed by atoms with Crippen molar-refractivity contribution in [2.45, 2.75) is 38.5 Å². The summed E-state index contributed by atoms with van der Waals surface area (Å²) in [6, 6.07) is 9.85. The summed E-state index contributed by atoms with van der Waals surface area (Å²) in [5, 5.41) is 5.56. The van der Waals surface area contributed by atoms with Crippen molar-refractivity contribution in [2.75, 3.05) is 33.2 Å². The normalized spacial score (nSPS) is 11.7. The topological polar surface area (TPSA) is 73.9 Å². The van der Waals surface area contributed by atoms with Gasteiger partial charge in [0.05, 0.1) is 27.2 Å². The van der Waals surface area contributed by atoms with Gasteiger partial charge in [-0.05, 0) is 48.9 Å². The number of hydrogen-bond donors (Lipinski definition) is 1. The van der Waals surface area contributed by atoms with Crippen LogP contribution in [-0.2, 0) is 19.1 Å². The Labute approximate surface area is 166 Å². The van der Waals surface area contributed by atoms with Crippen LogP contribution in [0.3, 0.4) is 0 Å². The van der Waals surface area contributed by atoms with Crippen LogP contribution in [0.5, 0.6) is 5.75 Å². The molecule has 0 spiro atoms. The van der Waals surface area contributed by atoms with Crippen LogP contribution < -0.4 is 10.1 Å². The zero-order valence-electron chi connectivity index (χ0n) is 17.0. The zero-order chi connectivity index (χ0) is 20.5. The monoisotopic (exact) mass is 387 g/mol. The molecule has 0 radical (unpaired) electrons. The van der Waals surface area contributed by atoms with Crippen LogP contribution in [0.1, 0.15) is 44.1 Å². The number of unbranched alkanes of at least 4 members (excludes halogenated alkanes) is 2. The van der Waals surface area contributed by atoms with E-state index in [4.69, 9.17) is 9.47 Å². The maximum absolute atomic E-state index is 12.1. The van der Waals surface area contributed by atoms with E-state index in [1.807, 2.05) is 37.3 Å². The van der Waals surface area contributed by atoms with E-state index in [1.165, 1.54) is 14.2 Å². The summed E-state index contributed by atoms with van der Waals surface area (Å²) in [4.78, 5) is 23.3. The van der Waals surface area contributed by atoms with Gasteiger partial charge in [0.1, 0.15) is 5.75 Å².